The van der Waals surface area contributed by atoms with E-state index in [2.05, 4.69) is 98.1 Å². The fraction of sp³-hybridized carbons (Fsp3) is 0.469. The van der Waals surface area contributed by atoms with Crippen molar-refractivity contribution in [1.82, 2.24) is 19.8 Å². The third kappa shape index (κ3) is 6.04. The van der Waals surface area contributed by atoms with Crippen LogP contribution in [-0.2, 0) is 6.54 Å². The smallest absolute Gasteiger partial charge is 0.257 e. The average molecular weight is 591 g/mol. The number of benzene rings is 2. The number of halogens is 1. The fourth-order valence-electron chi connectivity index (χ4n) is 6.30. The summed E-state index contributed by atoms with van der Waals surface area (Å²) >= 11 is 3.68. The van der Waals surface area contributed by atoms with E-state index in [1.807, 2.05) is 18.7 Å². The number of aryl methyl sites for hydroxylation is 3. The van der Waals surface area contributed by atoms with Crippen LogP contribution in [0, 0.1) is 20.8 Å². The molecule has 3 heterocycles. The monoisotopic (exact) mass is 589 g/mol. The molecule has 0 bridgehead atoms. The van der Waals surface area contributed by atoms with Gasteiger partial charge >= 0.3 is 0 Å². The van der Waals surface area contributed by atoms with Crippen LogP contribution >= 0.6 is 15.9 Å². The number of aromatic nitrogens is 2. The molecule has 6 nitrogen and oxygen atoms in total. The van der Waals surface area contributed by atoms with Gasteiger partial charge in [0.05, 0.1) is 17.0 Å². The largest absolute Gasteiger partial charge is 0.364 e. The zero-order chi connectivity index (χ0) is 27.6. The Balaban J connectivity index is 1.24. The minimum Gasteiger partial charge on any atom is -0.364 e. The summed E-state index contributed by atoms with van der Waals surface area (Å²) in [5.74, 6) is 0.0766. The Morgan fingerprint density at radius 2 is 1.62 bits per heavy atom. The van der Waals surface area contributed by atoms with Crippen molar-refractivity contribution in [2.24, 2.45) is 0 Å². The summed E-state index contributed by atoms with van der Waals surface area (Å²) in [6.07, 6.45) is 5.81. The number of carbonyl (C=O) groups is 1. The summed E-state index contributed by atoms with van der Waals surface area (Å²) in [4.78, 5) is 29.1. The molecular formula is C32H40BrN5O. The lowest BCUT2D eigenvalue weighted by atomic mass is 9.85. The molecule has 2 fully saturated rings. The molecule has 0 radical (unpaired) electrons. The zero-order valence-electron chi connectivity index (χ0n) is 23.7. The second-order valence-corrected chi connectivity index (χ2v) is 12.3. The number of amides is 1. The van der Waals surface area contributed by atoms with Crippen molar-refractivity contribution in [2.75, 3.05) is 31.1 Å². The molecule has 1 aromatic heterocycles. The van der Waals surface area contributed by atoms with Crippen LogP contribution in [0.4, 0.5) is 5.69 Å². The highest BCUT2D eigenvalue weighted by Crippen LogP contribution is 2.35. The average Bonchev–Trinajstić information content (AvgIpc) is 2.94. The van der Waals surface area contributed by atoms with E-state index < -0.39 is 0 Å². The van der Waals surface area contributed by atoms with E-state index in [-0.39, 0.29) is 11.4 Å². The molecular weight excluding hydrogens is 550 g/mol. The van der Waals surface area contributed by atoms with Crippen molar-refractivity contribution in [2.45, 2.75) is 71.5 Å². The molecule has 1 amide bonds. The molecule has 7 heteroatoms. The maximum absolute atomic E-state index is 13.3. The van der Waals surface area contributed by atoms with Crippen molar-refractivity contribution in [1.29, 1.82) is 0 Å². The van der Waals surface area contributed by atoms with Gasteiger partial charge in [-0.15, -0.1) is 0 Å². The quantitative estimate of drug-likeness (QED) is 0.336. The second kappa shape index (κ2) is 11.8. The molecule has 5 rings (SSSR count). The highest BCUT2D eigenvalue weighted by Gasteiger charge is 2.39. The fourth-order valence-corrected chi connectivity index (χ4v) is 6.55. The SMILES string of the molecule is Cc1cc(N(Cc2ccccc2)C2CCN(C3(C)CCN(C(=O)c4c(C)ncnc4C)CC3)CC2)ccc1Br. The Morgan fingerprint density at radius 3 is 2.23 bits per heavy atom. The van der Waals surface area contributed by atoms with Crippen LogP contribution in [0.5, 0.6) is 0 Å². The standard InChI is InChI=1S/C32H40BrN5O/c1-23-20-28(10-11-29(23)33)38(21-26-8-6-5-7-9-26)27-12-16-37(17-13-27)32(4)14-18-36(19-15-32)31(39)30-24(2)34-22-35-25(30)3/h5-11,20,22,27H,12-19,21H2,1-4H3. The van der Waals surface area contributed by atoms with Gasteiger partial charge < -0.3 is 9.80 Å². The summed E-state index contributed by atoms with van der Waals surface area (Å²) in [5, 5.41) is 0. The number of nitrogens with zero attached hydrogens (tertiary/aromatic N) is 5. The van der Waals surface area contributed by atoms with Crippen molar-refractivity contribution in [3.63, 3.8) is 0 Å². The van der Waals surface area contributed by atoms with E-state index >= 15 is 0 Å². The van der Waals surface area contributed by atoms with Crippen LogP contribution in [0.1, 0.15) is 65.5 Å². The van der Waals surface area contributed by atoms with Crippen LogP contribution in [0.15, 0.2) is 59.3 Å². The van der Waals surface area contributed by atoms with E-state index in [0.29, 0.717) is 11.6 Å². The van der Waals surface area contributed by atoms with Crippen LogP contribution in [0.25, 0.3) is 0 Å². The number of hydrogen-bond acceptors (Lipinski definition) is 5. The predicted octanol–water partition coefficient (Wildman–Crippen LogP) is 6.33. The first-order valence-corrected chi connectivity index (χ1v) is 14.9. The van der Waals surface area contributed by atoms with E-state index in [1.165, 1.54) is 23.1 Å². The van der Waals surface area contributed by atoms with Gasteiger partial charge in [-0.2, -0.15) is 0 Å². The Bertz CT molecular complexity index is 1280. The molecule has 0 atom stereocenters. The molecule has 0 N–H and O–H groups in total. The van der Waals surface area contributed by atoms with Gasteiger partial charge in [0, 0.05) is 54.5 Å². The van der Waals surface area contributed by atoms with Crippen molar-refractivity contribution >= 4 is 27.5 Å². The summed E-state index contributed by atoms with van der Waals surface area (Å²) < 4.78 is 1.16. The number of hydrogen-bond donors (Lipinski definition) is 0. The van der Waals surface area contributed by atoms with Gasteiger partial charge in [0.25, 0.3) is 5.91 Å². The van der Waals surface area contributed by atoms with Gasteiger partial charge in [0.1, 0.15) is 6.33 Å². The van der Waals surface area contributed by atoms with Crippen molar-refractivity contribution in [3.8, 4) is 0 Å². The van der Waals surface area contributed by atoms with Crippen molar-refractivity contribution in [3.05, 3.63) is 87.4 Å². The van der Waals surface area contributed by atoms with E-state index in [1.54, 1.807) is 0 Å². The third-order valence-electron chi connectivity index (χ3n) is 8.91. The topological polar surface area (TPSA) is 52.6 Å². The summed E-state index contributed by atoms with van der Waals surface area (Å²) in [5.41, 5.74) is 6.24. The van der Waals surface area contributed by atoms with Crippen LogP contribution in [0.3, 0.4) is 0 Å². The lowest BCUT2D eigenvalue weighted by Gasteiger charge is -2.50. The number of rotatable bonds is 6. The first-order chi connectivity index (χ1) is 18.7. The Labute approximate surface area is 241 Å². The lowest BCUT2D eigenvalue weighted by Crippen LogP contribution is -2.58. The molecule has 0 aliphatic carbocycles. The lowest BCUT2D eigenvalue weighted by molar-refractivity contribution is 0.0170. The second-order valence-electron chi connectivity index (χ2n) is 11.5. The van der Waals surface area contributed by atoms with Gasteiger partial charge in [-0.1, -0.05) is 46.3 Å². The molecule has 2 aliphatic rings. The minimum absolute atomic E-state index is 0.0766. The summed E-state index contributed by atoms with van der Waals surface area (Å²) in [6, 6.07) is 18.1. The highest BCUT2D eigenvalue weighted by molar-refractivity contribution is 9.10. The first-order valence-electron chi connectivity index (χ1n) is 14.1. The van der Waals surface area contributed by atoms with Crippen LogP contribution < -0.4 is 4.90 Å². The molecule has 0 unspecified atom stereocenters. The van der Waals surface area contributed by atoms with Gasteiger partial charge in [-0.25, -0.2) is 9.97 Å². The number of anilines is 1. The minimum atomic E-state index is 0.0766. The third-order valence-corrected chi connectivity index (χ3v) is 9.80. The zero-order valence-corrected chi connectivity index (χ0v) is 25.2. The molecule has 206 valence electrons. The van der Waals surface area contributed by atoms with E-state index in [4.69, 9.17) is 0 Å². The van der Waals surface area contributed by atoms with Gasteiger partial charge in [0.15, 0.2) is 0 Å². The number of carbonyl (C=O) groups excluding carboxylic acids is 1. The molecule has 3 aromatic rings. The number of piperidine rings is 2. The van der Waals surface area contributed by atoms with E-state index in [9.17, 15) is 4.79 Å². The molecule has 2 aromatic carbocycles. The number of likely N-dealkylation sites (tertiary alicyclic amines) is 2. The maximum atomic E-state index is 13.3. The molecule has 0 spiro atoms. The summed E-state index contributed by atoms with van der Waals surface area (Å²) in [6.45, 7) is 13.0. The Hall–Kier alpha value is -2.77. The molecule has 2 aliphatic heterocycles. The maximum Gasteiger partial charge on any atom is 0.257 e. The van der Waals surface area contributed by atoms with Crippen LogP contribution in [-0.4, -0.2) is 63.4 Å². The predicted molar refractivity (Wildman–Crippen MR) is 161 cm³/mol. The Morgan fingerprint density at radius 1 is 0.974 bits per heavy atom. The van der Waals surface area contributed by atoms with Crippen LogP contribution in [0.2, 0.25) is 0 Å². The summed E-state index contributed by atoms with van der Waals surface area (Å²) in [7, 11) is 0. The van der Waals surface area contributed by atoms with E-state index in [0.717, 1.165) is 74.3 Å². The normalized spacial score (nSPS) is 18.2. The molecule has 0 saturated carbocycles. The highest BCUT2D eigenvalue weighted by atomic mass is 79.9. The van der Waals surface area contributed by atoms with Gasteiger partial charge in [-0.05, 0) is 82.7 Å². The first kappa shape index (κ1) is 27.8. The molecule has 39 heavy (non-hydrogen) atoms. The van der Waals surface area contributed by atoms with Gasteiger partial charge in [-0.3, -0.25) is 9.69 Å². The molecule has 2 saturated heterocycles. The van der Waals surface area contributed by atoms with Crippen molar-refractivity contribution < 1.29 is 4.79 Å². The van der Waals surface area contributed by atoms with Gasteiger partial charge in [0.2, 0.25) is 0 Å². The Kier molecular flexibility index (Phi) is 8.38.